The Morgan fingerprint density at radius 3 is 3.17 bits per heavy atom. The van der Waals surface area contributed by atoms with E-state index in [2.05, 4.69) is 25.4 Å². The zero-order chi connectivity index (χ0) is 12.4. The summed E-state index contributed by atoms with van der Waals surface area (Å²) in [5.74, 6) is 2.15. The van der Waals surface area contributed by atoms with Gasteiger partial charge in [-0.05, 0) is 11.4 Å². The summed E-state index contributed by atoms with van der Waals surface area (Å²) >= 11 is 1.63. The first-order valence-electron chi connectivity index (χ1n) is 5.54. The highest BCUT2D eigenvalue weighted by Gasteiger charge is 2.05. The Balaban J connectivity index is 1.68. The normalized spacial score (nSPS) is 10.9. The highest BCUT2D eigenvalue weighted by atomic mass is 32.1. The van der Waals surface area contributed by atoms with Crippen molar-refractivity contribution in [1.29, 1.82) is 0 Å². The lowest BCUT2D eigenvalue weighted by Crippen LogP contribution is -2.07. The number of nitrogens with one attached hydrogen (secondary N) is 1. The molecule has 0 aliphatic heterocycles. The largest absolute Gasteiger partial charge is 0.368 e. The van der Waals surface area contributed by atoms with Gasteiger partial charge in [0.1, 0.15) is 12.1 Å². The van der Waals surface area contributed by atoms with Gasteiger partial charge in [0.15, 0.2) is 5.82 Å². The molecule has 3 aromatic heterocycles. The fourth-order valence-electron chi connectivity index (χ4n) is 1.65. The highest BCUT2D eigenvalue weighted by molar-refractivity contribution is 7.17. The predicted molar refractivity (Wildman–Crippen MR) is 68.6 cm³/mol. The van der Waals surface area contributed by atoms with Crippen molar-refractivity contribution in [3.05, 3.63) is 29.5 Å². The third-order valence-corrected chi connectivity index (χ3v) is 3.36. The van der Waals surface area contributed by atoms with Crippen molar-refractivity contribution in [3.8, 4) is 0 Å². The lowest BCUT2D eigenvalue weighted by Gasteiger charge is -2.03. The van der Waals surface area contributed by atoms with E-state index in [-0.39, 0.29) is 0 Å². The first kappa shape index (κ1) is 11.1. The van der Waals surface area contributed by atoms with Crippen molar-refractivity contribution < 1.29 is 4.52 Å². The summed E-state index contributed by atoms with van der Waals surface area (Å²) in [6, 6.07) is 1.98. The minimum Gasteiger partial charge on any atom is -0.368 e. The van der Waals surface area contributed by atoms with Crippen LogP contribution in [0, 0.1) is 6.92 Å². The van der Waals surface area contributed by atoms with Gasteiger partial charge in [-0.15, -0.1) is 11.3 Å². The van der Waals surface area contributed by atoms with Crippen LogP contribution in [0.15, 0.2) is 22.3 Å². The minimum absolute atomic E-state index is 0.590. The Kier molecular flexibility index (Phi) is 2.89. The van der Waals surface area contributed by atoms with Crippen LogP contribution in [0.25, 0.3) is 10.2 Å². The van der Waals surface area contributed by atoms with Gasteiger partial charge < -0.3 is 9.84 Å². The molecular formula is C11H11N5OS. The van der Waals surface area contributed by atoms with E-state index in [9.17, 15) is 0 Å². The molecule has 3 heterocycles. The molecule has 7 heteroatoms. The van der Waals surface area contributed by atoms with Gasteiger partial charge >= 0.3 is 0 Å². The van der Waals surface area contributed by atoms with Crippen LogP contribution in [0.1, 0.15) is 11.7 Å². The SMILES string of the molecule is Cc1nc(CCNc2ncnc3ccsc23)no1. The van der Waals surface area contributed by atoms with Crippen LogP contribution in [0.4, 0.5) is 5.82 Å². The van der Waals surface area contributed by atoms with E-state index < -0.39 is 0 Å². The van der Waals surface area contributed by atoms with Crippen LogP contribution in [0.3, 0.4) is 0 Å². The topological polar surface area (TPSA) is 76.7 Å². The molecule has 0 saturated carbocycles. The van der Waals surface area contributed by atoms with Gasteiger partial charge in [-0.3, -0.25) is 0 Å². The van der Waals surface area contributed by atoms with E-state index in [1.165, 1.54) is 0 Å². The van der Waals surface area contributed by atoms with Crippen LogP contribution >= 0.6 is 11.3 Å². The molecule has 18 heavy (non-hydrogen) atoms. The van der Waals surface area contributed by atoms with Crippen molar-refractivity contribution in [2.45, 2.75) is 13.3 Å². The summed E-state index contributed by atoms with van der Waals surface area (Å²) < 4.78 is 5.98. The average Bonchev–Trinajstić information content (AvgIpc) is 2.98. The van der Waals surface area contributed by atoms with Crippen LogP contribution < -0.4 is 5.32 Å². The highest BCUT2D eigenvalue weighted by Crippen LogP contribution is 2.24. The first-order valence-corrected chi connectivity index (χ1v) is 6.42. The number of thiophene rings is 1. The van der Waals surface area contributed by atoms with Crippen molar-refractivity contribution >= 4 is 27.4 Å². The fraction of sp³-hybridized carbons (Fsp3) is 0.273. The molecular weight excluding hydrogens is 250 g/mol. The standard InChI is InChI=1S/C11H11N5OS/c1-7-15-9(16-17-7)2-4-12-11-10-8(3-5-18-10)13-6-14-11/h3,5-6H,2,4H2,1H3,(H,12,13,14). The molecule has 0 saturated heterocycles. The Morgan fingerprint density at radius 2 is 2.33 bits per heavy atom. The predicted octanol–water partition coefficient (Wildman–Crippen LogP) is 2.04. The summed E-state index contributed by atoms with van der Waals surface area (Å²) in [7, 11) is 0. The van der Waals surface area contributed by atoms with E-state index >= 15 is 0 Å². The molecule has 3 aromatic rings. The summed E-state index contributed by atoms with van der Waals surface area (Å²) in [6.07, 6.45) is 2.27. The van der Waals surface area contributed by atoms with Gasteiger partial charge in [0.2, 0.25) is 5.89 Å². The van der Waals surface area contributed by atoms with Gasteiger partial charge in [-0.1, -0.05) is 5.16 Å². The average molecular weight is 261 g/mol. The molecule has 0 bridgehead atoms. The number of aromatic nitrogens is 4. The molecule has 1 N–H and O–H groups in total. The molecule has 0 aromatic carbocycles. The second-order valence-corrected chi connectivity index (χ2v) is 4.68. The number of aryl methyl sites for hydroxylation is 1. The van der Waals surface area contributed by atoms with Gasteiger partial charge in [-0.2, -0.15) is 4.98 Å². The first-order chi connectivity index (χ1) is 8.83. The zero-order valence-electron chi connectivity index (χ0n) is 9.75. The molecule has 0 fully saturated rings. The Hall–Kier alpha value is -2.02. The second kappa shape index (κ2) is 4.69. The molecule has 0 radical (unpaired) electrons. The van der Waals surface area contributed by atoms with Gasteiger partial charge in [0.25, 0.3) is 0 Å². The van der Waals surface area contributed by atoms with Crippen molar-refractivity contribution in [2.75, 3.05) is 11.9 Å². The molecule has 0 atom stereocenters. The molecule has 0 aliphatic rings. The maximum Gasteiger partial charge on any atom is 0.223 e. The lowest BCUT2D eigenvalue weighted by atomic mass is 10.4. The minimum atomic E-state index is 0.590. The second-order valence-electron chi connectivity index (χ2n) is 3.76. The van der Waals surface area contributed by atoms with Crippen molar-refractivity contribution in [3.63, 3.8) is 0 Å². The number of fused-ring (bicyclic) bond motifs is 1. The third kappa shape index (κ3) is 2.17. The molecule has 0 amide bonds. The molecule has 3 rings (SSSR count). The Bertz CT molecular complexity index is 662. The summed E-state index contributed by atoms with van der Waals surface area (Å²) in [6.45, 7) is 2.49. The molecule has 0 unspecified atom stereocenters. The zero-order valence-corrected chi connectivity index (χ0v) is 10.6. The van der Waals surface area contributed by atoms with Crippen LogP contribution in [-0.2, 0) is 6.42 Å². The quantitative estimate of drug-likeness (QED) is 0.774. The number of hydrogen-bond acceptors (Lipinski definition) is 7. The smallest absolute Gasteiger partial charge is 0.223 e. The number of anilines is 1. The summed E-state index contributed by atoms with van der Waals surface area (Å²) in [5.41, 5.74) is 0.966. The molecule has 0 spiro atoms. The number of nitrogens with zero attached hydrogens (tertiary/aromatic N) is 4. The lowest BCUT2D eigenvalue weighted by molar-refractivity contribution is 0.387. The summed E-state index contributed by atoms with van der Waals surface area (Å²) in [5, 5.41) is 9.12. The molecule has 6 nitrogen and oxygen atoms in total. The van der Waals surface area contributed by atoms with Gasteiger partial charge in [0.05, 0.1) is 10.2 Å². The van der Waals surface area contributed by atoms with E-state index in [0.29, 0.717) is 24.7 Å². The maximum atomic E-state index is 4.91. The molecule has 92 valence electrons. The van der Waals surface area contributed by atoms with E-state index in [4.69, 9.17) is 4.52 Å². The van der Waals surface area contributed by atoms with Crippen LogP contribution in [0.2, 0.25) is 0 Å². The molecule has 0 aliphatic carbocycles. The van der Waals surface area contributed by atoms with E-state index in [1.54, 1.807) is 24.6 Å². The van der Waals surface area contributed by atoms with E-state index in [1.807, 2.05) is 11.4 Å². The van der Waals surface area contributed by atoms with Crippen LogP contribution in [0.5, 0.6) is 0 Å². The summed E-state index contributed by atoms with van der Waals surface area (Å²) in [4.78, 5) is 12.6. The fourth-order valence-corrected chi connectivity index (χ4v) is 2.46. The van der Waals surface area contributed by atoms with Gasteiger partial charge in [-0.25, -0.2) is 9.97 Å². The van der Waals surface area contributed by atoms with Crippen molar-refractivity contribution in [1.82, 2.24) is 20.1 Å². The Morgan fingerprint density at radius 1 is 1.39 bits per heavy atom. The van der Waals surface area contributed by atoms with Crippen molar-refractivity contribution in [2.24, 2.45) is 0 Å². The van der Waals surface area contributed by atoms with E-state index in [0.717, 1.165) is 16.0 Å². The monoisotopic (exact) mass is 261 g/mol. The third-order valence-electron chi connectivity index (χ3n) is 2.45. The number of rotatable bonds is 4. The maximum absolute atomic E-state index is 4.91. The van der Waals surface area contributed by atoms with Gasteiger partial charge in [0, 0.05) is 19.9 Å². The van der Waals surface area contributed by atoms with Crippen LogP contribution in [-0.4, -0.2) is 26.7 Å². The number of hydrogen-bond donors (Lipinski definition) is 1. The Labute approximate surface area is 107 Å².